The van der Waals surface area contributed by atoms with Crippen LogP contribution >= 0.6 is 0 Å². The Bertz CT molecular complexity index is 650. The summed E-state index contributed by atoms with van der Waals surface area (Å²) in [5.41, 5.74) is 4.82. The molecule has 0 aliphatic carbocycles. The summed E-state index contributed by atoms with van der Waals surface area (Å²) in [6, 6.07) is 10.6. The molecule has 1 aliphatic heterocycles. The van der Waals surface area contributed by atoms with E-state index in [4.69, 9.17) is 4.74 Å². The number of nitrogens with one attached hydrogen (secondary N) is 1. The van der Waals surface area contributed by atoms with Gasteiger partial charge < -0.3 is 10.1 Å². The van der Waals surface area contributed by atoms with Gasteiger partial charge in [0.2, 0.25) is 0 Å². The Morgan fingerprint density at radius 2 is 2.10 bits per heavy atom. The van der Waals surface area contributed by atoms with E-state index in [1.807, 2.05) is 0 Å². The molecule has 0 bridgehead atoms. The topological polar surface area (TPSA) is 34.1 Å². The van der Waals surface area contributed by atoms with Crippen LogP contribution in [-0.2, 0) is 13.0 Å². The summed E-state index contributed by atoms with van der Waals surface area (Å²) in [5, 5.41) is 3.31. The Labute approximate surface area is 126 Å². The summed E-state index contributed by atoms with van der Waals surface area (Å²) in [4.78, 5) is 4.61. The summed E-state index contributed by atoms with van der Waals surface area (Å²) >= 11 is 0. The Morgan fingerprint density at radius 3 is 2.90 bits per heavy atom. The highest BCUT2D eigenvalue weighted by Gasteiger charge is 2.12. The Hall–Kier alpha value is -2.03. The molecule has 0 unspecified atom stereocenters. The van der Waals surface area contributed by atoms with Crippen molar-refractivity contribution >= 4 is 5.82 Å². The molecule has 2 aromatic rings. The minimum Gasteiger partial charge on any atom is -0.487 e. The van der Waals surface area contributed by atoms with Crippen LogP contribution in [0.15, 0.2) is 30.3 Å². The number of hydrogen-bond donors (Lipinski definition) is 1. The average Bonchev–Trinajstić information content (AvgIpc) is 2.92. The molecule has 1 aromatic heterocycles. The second-order valence-electron chi connectivity index (χ2n) is 6.01. The molecule has 3 heteroatoms. The lowest BCUT2D eigenvalue weighted by atomic mass is 10.0. The van der Waals surface area contributed by atoms with Gasteiger partial charge in [0.1, 0.15) is 18.2 Å². The molecule has 1 aromatic carbocycles. The van der Waals surface area contributed by atoms with E-state index < -0.39 is 0 Å². The smallest absolute Gasteiger partial charge is 0.130 e. The van der Waals surface area contributed by atoms with Crippen molar-refractivity contribution in [3.63, 3.8) is 0 Å². The predicted octanol–water partition coefficient (Wildman–Crippen LogP) is 4.06. The van der Waals surface area contributed by atoms with Crippen LogP contribution in [0.4, 0.5) is 5.82 Å². The zero-order valence-corrected chi connectivity index (χ0v) is 12.9. The molecule has 0 atom stereocenters. The van der Waals surface area contributed by atoms with Crippen LogP contribution in [0, 0.1) is 6.92 Å². The van der Waals surface area contributed by atoms with E-state index in [0.29, 0.717) is 12.5 Å². The van der Waals surface area contributed by atoms with Gasteiger partial charge in [-0.2, -0.15) is 0 Å². The van der Waals surface area contributed by atoms with Gasteiger partial charge in [0.25, 0.3) is 0 Å². The minimum absolute atomic E-state index is 0.509. The molecule has 3 nitrogen and oxygen atoms in total. The quantitative estimate of drug-likeness (QED) is 0.918. The number of nitrogens with zero attached hydrogens (tertiary/aromatic N) is 1. The maximum Gasteiger partial charge on any atom is 0.130 e. The van der Waals surface area contributed by atoms with Crippen LogP contribution in [0.5, 0.6) is 5.75 Å². The Kier molecular flexibility index (Phi) is 3.82. The van der Waals surface area contributed by atoms with E-state index in [-0.39, 0.29) is 0 Å². The molecule has 0 radical (unpaired) electrons. The van der Waals surface area contributed by atoms with Crippen LogP contribution in [0.1, 0.15) is 42.1 Å². The van der Waals surface area contributed by atoms with Crippen molar-refractivity contribution in [3.05, 3.63) is 52.7 Å². The van der Waals surface area contributed by atoms with Crippen LogP contribution in [0.3, 0.4) is 0 Å². The summed E-state index contributed by atoms with van der Waals surface area (Å²) in [6.07, 6.45) is 1.07. The molecular formula is C18H22N2O. The van der Waals surface area contributed by atoms with E-state index in [9.17, 15) is 0 Å². The first-order valence-corrected chi connectivity index (χ1v) is 7.59. The maximum absolute atomic E-state index is 5.93. The predicted molar refractivity (Wildman–Crippen MR) is 86.0 cm³/mol. The first-order chi connectivity index (χ1) is 10.1. The highest BCUT2D eigenvalue weighted by Crippen LogP contribution is 2.24. The van der Waals surface area contributed by atoms with Crippen molar-refractivity contribution < 1.29 is 4.74 Å². The second kappa shape index (κ2) is 5.76. The van der Waals surface area contributed by atoms with Crippen LogP contribution in [-0.4, -0.2) is 11.5 Å². The number of ether oxygens (including phenoxy) is 1. The van der Waals surface area contributed by atoms with Crippen molar-refractivity contribution in [3.8, 4) is 5.75 Å². The van der Waals surface area contributed by atoms with Crippen LogP contribution in [0.2, 0.25) is 0 Å². The largest absolute Gasteiger partial charge is 0.487 e. The number of rotatable bonds is 4. The molecular weight excluding hydrogens is 260 g/mol. The fraction of sp³-hybridized carbons (Fsp3) is 0.389. The van der Waals surface area contributed by atoms with Gasteiger partial charge in [-0.1, -0.05) is 26.0 Å². The van der Waals surface area contributed by atoms with Gasteiger partial charge in [0.15, 0.2) is 0 Å². The highest BCUT2D eigenvalue weighted by atomic mass is 16.5. The highest BCUT2D eigenvalue weighted by molar-refractivity contribution is 5.49. The number of aromatic nitrogens is 1. The lowest BCUT2D eigenvalue weighted by Gasteiger charge is -2.12. The summed E-state index contributed by atoms with van der Waals surface area (Å²) in [7, 11) is 0. The van der Waals surface area contributed by atoms with Gasteiger partial charge in [-0.15, -0.1) is 0 Å². The molecule has 3 rings (SSSR count). The van der Waals surface area contributed by atoms with Gasteiger partial charge in [-0.25, -0.2) is 4.98 Å². The molecule has 1 aliphatic rings. The summed E-state index contributed by atoms with van der Waals surface area (Å²) in [6.45, 7) is 8.01. The molecule has 1 N–H and O–H groups in total. The Morgan fingerprint density at radius 1 is 1.24 bits per heavy atom. The fourth-order valence-corrected chi connectivity index (χ4v) is 2.63. The van der Waals surface area contributed by atoms with Gasteiger partial charge in [0, 0.05) is 6.54 Å². The number of pyridine rings is 1. The zero-order valence-electron chi connectivity index (χ0n) is 12.9. The molecule has 0 amide bonds. The Balaban J connectivity index is 1.73. The van der Waals surface area contributed by atoms with E-state index >= 15 is 0 Å². The van der Waals surface area contributed by atoms with Crippen molar-refractivity contribution in [2.24, 2.45) is 0 Å². The summed E-state index contributed by atoms with van der Waals surface area (Å²) < 4.78 is 5.93. The SMILES string of the molecule is Cc1cc(OCc2ccc3c(n2)NCC3)cc(C(C)C)c1. The van der Waals surface area contributed by atoms with Crippen molar-refractivity contribution in [1.29, 1.82) is 0 Å². The van der Waals surface area contributed by atoms with Crippen molar-refractivity contribution in [1.82, 2.24) is 4.98 Å². The lowest BCUT2D eigenvalue weighted by molar-refractivity contribution is 0.301. The van der Waals surface area contributed by atoms with E-state index in [1.54, 1.807) is 0 Å². The monoisotopic (exact) mass is 282 g/mol. The number of hydrogen-bond acceptors (Lipinski definition) is 3. The summed E-state index contributed by atoms with van der Waals surface area (Å²) in [5.74, 6) is 2.45. The normalized spacial score (nSPS) is 13.1. The fourth-order valence-electron chi connectivity index (χ4n) is 2.63. The molecule has 21 heavy (non-hydrogen) atoms. The van der Waals surface area contributed by atoms with E-state index in [2.05, 4.69) is 61.4 Å². The van der Waals surface area contributed by atoms with E-state index in [1.165, 1.54) is 16.7 Å². The van der Waals surface area contributed by atoms with Gasteiger partial charge in [-0.3, -0.25) is 0 Å². The molecule has 0 saturated heterocycles. The third-order valence-electron chi connectivity index (χ3n) is 3.85. The third kappa shape index (κ3) is 3.18. The van der Waals surface area contributed by atoms with Crippen LogP contribution < -0.4 is 10.1 Å². The minimum atomic E-state index is 0.509. The molecule has 110 valence electrons. The van der Waals surface area contributed by atoms with Gasteiger partial charge >= 0.3 is 0 Å². The van der Waals surface area contributed by atoms with Crippen LogP contribution in [0.25, 0.3) is 0 Å². The number of fused-ring (bicyclic) bond motifs is 1. The first-order valence-electron chi connectivity index (χ1n) is 7.59. The second-order valence-corrected chi connectivity index (χ2v) is 6.01. The molecule has 0 spiro atoms. The zero-order chi connectivity index (χ0) is 14.8. The number of benzene rings is 1. The standard InChI is InChI=1S/C18H22N2O/c1-12(2)15-8-13(3)9-17(10-15)21-11-16-5-4-14-6-7-19-18(14)20-16/h4-5,8-10,12H,6-7,11H2,1-3H3,(H,19,20). The number of anilines is 1. The maximum atomic E-state index is 5.93. The molecule has 0 fully saturated rings. The van der Waals surface area contributed by atoms with Crippen molar-refractivity contribution in [2.45, 2.75) is 39.7 Å². The van der Waals surface area contributed by atoms with Crippen molar-refractivity contribution in [2.75, 3.05) is 11.9 Å². The average molecular weight is 282 g/mol. The van der Waals surface area contributed by atoms with Gasteiger partial charge in [-0.05, 0) is 54.2 Å². The lowest BCUT2D eigenvalue weighted by Crippen LogP contribution is -2.01. The first kappa shape index (κ1) is 13.9. The molecule has 0 saturated carbocycles. The molecule has 2 heterocycles. The van der Waals surface area contributed by atoms with E-state index in [0.717, 1.165) is 30.2 Å². The number of aryl methyl sites for hydroxylation is 1. The van der Waals surface area contributed by atoms with Gasteiger partial charge in [0.05, 0.1) is 5.69 Å². The third-order valence-corrected chi connectivity index (χ3v) is 3.85.